The molecule has 1 unspecified atom stereocenters. The largest absolute Gasteiger partial charge is 0.396 e. The quantitative estimate of drug-likeness (QED) is 0.634. The van der Waals surface area contributed by atoms with Crippen LogP contribution in [0.15, 0.2) is 35.2 Å². The molecule has 0 fully saturated rings. The number of aliphatic hydroxyl groups is 1. The zero-order valence-corrected chi connectivity index (χ0v) is 12.2. The molecule has 20 heavy (non-hydrogen) atoms. The second-order valence-electron chi connectivity index (χ2n) is 4.56. The Labute approximate surface area is 119 Å². The highest BCUT2D eigenvalue weighted by Gasteiger charge is 2.14. The van der Waals surface area contributed by atoms with Crippen LogP contribution < -0.4 is 10.0 Å². The molecule has 0 saturated carbocycles. The molecule has 0 aliphatic heterocycles. The van der Waals surface area contributed by atoms with Gasteiger partial charge in [-0.15, -0.1) is 0 Å². The van der Waals surface area contributed by atoms with E-state index in [1.54, 1.807) is 18.2 Å². The lowest BCUT2D eigenvalue weighted by molar-refractivity contribution is -0.120. The van der Waals surface area contributed by atoms with Crippen LogP contribution >= 0.6 is 0 Å². The highest BCUT2D eigenvalue weighted by Crippen LogP contribution is 2.06. The first-order valence-corrected chi connectivity index (χ1v) is 7.86. The van der Waals surface area contributed by atoms with Crippen LogP contribution in [0.5, 0.6) is 0 Å². The number of hydrogen-bond donors (Lipinski definition) is 3. The Kier molecular flexibility index (Phi) is 6.63. The van der Waals surface area contributed by atoms with Gasteiger partial charge in [0.2, 0.25) is 15.9 Å². The standard InChI is InChI=1S/C13H20N2O4S/c1-11(7-8-16)9-14-13(17)10-15-20(18,19)12-5-3-2-4-6-12/h2-6,11,15-16H,7-10H2,1H3,(H,14,17). The third-order valence-electron chi connectivity index (χ3n) is 2.75. The van der Waals surface area contributed by atoms with E-state index in [4.69, 9.17) is 5.11 Å². The Balaban J connectivity index is 2.41. The Morgan fingerprint density at radius 3 is 2.55 bits per heavy atom. The van der Waals surface area contributed by atoms with Crippen LogP contribution in [0.1, 0.15) is 13.3 Å². The zero-order valence-electron chi connectivity index (χ0n) is 11.4. The van der Waals surface area contributed by atoms with Crippen molar-refractivity contribution < 1.29 is 18.3 Å². The molecule has 0 saturated heterocycles. The second kappa shape index (κ2) is 7.98. The molecule has 3 N–H and O–H groups in total. The number of sulfonamides is 1. The van der Waals surface area contributed by atoms with Gasteiger partial charge < -0.3 is 10.4 Å². The summed E-state index contributed by atoms with van der Waals surface area (Å²) in [5.74, 6) is -0.246. The number of carbonyl (C=O) groups is 1. The molecule has 0 radical (unpaired) electrons. The van der Waals surface area contributed by atoms with Crippen LogP contribution in [-0.4, -0.2) is 39.1 Å². The average Bonchev–Trinajstić information content (AvgIpc) is 2.44. The summed E-state index contributed by atoms with van der Waals surface area (Å²) in [7, 11) is -3.65. The molecule has 0 bridgehead atoms. The summed E-state index contributed by atoms with van der Waals surface area (Å²) in [5, 5.41) is 11.3. The second-order valence-corrected chi connectivity index (χ2v) is 6.33. The third-order valence-corrected chi connectivity index (χ3v) is 4.16. The van der Waals surface area contributed by atoms with Gasteiger partial charge in [0.15, 0.2) is 0 Å². The molecular weight excluding hydrogens is 280 g/mol. The van der Waals surface area contributed by atoms with Crippen molar-refractivity contribution in [1.82, 2.24) is 10.0 Å². The Hall–Kier alpha value is -1.44. The van der Waals surface area contributed by atoms with E-state index in [9.17, 15) is 13.2 Å². The molecule has 1 rings (SSSR count). The van der Waals surface area contributed by atoms with Crippen molar-refractivity contribution in [1.29, 1.82) is 0 Å². The van der Waals surface area contributed by atoms with Crippen LogP contribution in [0, 0.1) is 5.92 Å². The summed E-state index contributed by atoms with van der Waals surface area (Å²) < 4.78 is 25.9. The van der Waals surface area contributed by atoms with Crippen LogP contribution in [0.3, 0.4) is 0 Å². The van der Waals surface area contributed by atoms with E-state index in [0.717, 1.165) is 0 Å². The molecule has 1 aromatic rings. The monoisotopic (exact) mass is 300 g/mol. The smallest absolute Gasteiger partial charge is 0.241 e. The first-order valence-electron chi connectivity index (χ1n) is 6.38. The summed E-state index contributed by atoms with van der Waals surface area (Å²) >= 11 is 0. The van der Waals surface area contributed by atoms with Gasteiger partial charge in [-0.25, -0.2) is 13.1 Å². The Morgan fingerprint density at radius 1 is 1.30 bits per heavy atom. The van der Waals surface area contributed by atoms with E-state index in [1.165, 1.54) is 12.1 Å². The summed E-state index contributed by atoms with van der Waals surface area (Å²) in [5.41, 5.74) is 0. The lowest BCUT2D eigenvalue weighted by Crippen LogP contribution is -2.38. The van der Waals surface area contributed by atoms with Gasteiger partial charge in [0.25, 0.3) is 0 Å². The minimum atomic E-state index is -3.65. The summed E-state index contributed by atoms with van der Waals surface area (Å²) in [6, 6.07) is 7.87. The maximum atomic E-state index is 11.9. The highest BCUT2D eigenvalue weighted by molar-refractivity contribution is 7.89. The van der Waals surface area contributed by atoms with Crippen molar-refractivity contribution in [2.45, 2.75) is 18.2 Å². The van der Waals surface area contributed by atoms with Crippen molar-refractivity contribution >= 4 is 15.9 Å². The summed E-state index contributed by atoms with van der Waals surface area (Å²) in [4.78, 5) is 11.7. The topological polar surface area (TPSA) is 95.5 Å². The van der Waals surface area contributed by atoms with E-state index in [2.05, 4.69) is 10.0 Å². The maximum Gasteiger partial charge on any atom is 0.241 e. The molecule has 6 nitrogen and oxygen atoms in total. The third kappa shape index (κ3) is 5.68. The van der Waals surface area contributed by atoms with Crippen molar-refractivity contribution in [3.8, 4) is 0 Å². The first kappa shape index (κ1) is 16.6. The van der Waals surface area contributed by atoms with Crippen molar-refractivity contribution in [3.63, 3.8) is 0 Å². The molecule has 0 aliphatic rings. The van der Waals surface area contributed by atoms with E-state index >= 15 is 0 Å². The van der Waals surface area contributed by atoms with Gasteiger partial charge in [-0.1, -0.05) is 25.1 Å². The average molecular weight is 300 g/mol. The molecule has 1 aromatic carbocycles. The van der Waals surface area contributed by atoms with Gasteiger partial charge in [-0.2, -0.15) is 0 Å². The molecule has 112 valence electrons. The van der Waals surface area contributed by atoms with Gasteiger partial charge in [0.05, 0.1) is 11.4 Å². The fourth-order valence-electron chi connectivity index (χ4n) is 1.52. The number of carbonyl (C=O) groups excluding carboxylic acids is 1. The Morgan fingerprint density at radius 2 is 1.95 bits per heavy atom. The molecule has 0 spiro atoms. The minimum Gasteiger partial charge on any atom is -0.396 e. The van der Waals surface area contributed by atoms with E-state index in [-0.39, 0.29) is 24.0 Å². The molecule has 7 heteroatoms. The Bertz CT molecular complexity index is 516. The SMILES string of the molecule is CC(CCO)CNC(=O)CNS(=O)(=O)c1ccccc1. The number of amides is 1. The van der Waals surface area contributed by atoms with Gasteiger partial charge in [-0.3, -0.25) is 4.79 Å². The van der Waals surface area contributed by atoms with Gasteiger partial charge in [0.1, 0.15) is 0 Å². The van der Waals surface area contributed by atoms with Gasteiger partial charge >= 0.3 is 0 Å². The van der Waals surface area contributed by atoms with Crippen molar-refractivity contribution in [2.24, 2.45) is 5.92 Å². The lowest BCUT2D eigenvalue weighted by Gasteiger charge is -2.11. The molecule has 1 atom stereocenters. The zero-order chi connectivity index (χ0) is 15.0. The van der Waals surface area contributed by atoms with Gasteiger partial charge in [-0.05, 0) is 24.5 Å². The van der Waals surface area contributed by atoms with Crippen LogP contribution in [-0.2, 0) is 14.8 Å². The molecule has 0 aromatic heterocycles. The molecule has 0 heterocycles. The number of benzene rings is 1. The number of rotatable bonds is 8. The number of aliphatic hydroxyl groups excluding tert-OH is 1. The fraction of sp³-hybridized carbons (Fsp3) is 0.462. The first-order chi connectivity index (χ1) is 9.45. The van der Waals surface area contributed by atoms with Crippen LogP contribution in [0.25, 0.3) is 0 Å². The summed E-state index contributed by atoms with van der Waals surface area (Å²) in [6.45, 7) is 2.07. The lowest BCUT2D eigenvalue weighted by atomic mass is 10.1. The molecule has 1 amide bonds. The van der Waals surface area contributed by atoms with Gasteiger partial charge in [0, 0.05) is 13.2 Å². The fourth-order valence-corrected chi connectivity index (χ4v) is 2.52. The molecule has 0 aliphatic carbocycles. The maximum absolute atomic E-state index is 11.9. The van der Waals surface area contributed by atoms with E-state index < -0.39 is 15.9 Å². The van der Waals surface area contributed by atoms with Crippen LogP contribution in [0.2, 0.25) is 0 Å². The van der Waals surface area contributed by atoms with Crippen molar-refractivity contribution in [2.75, 3.05) is 19.7 Å². The van der Waals surface area contributed by atoms with Crippen LogP contribution in [0.4, 0.5) is 0 Å². The predicted octanol–water partition coefficient (Wildman–Crippen LogP) is 0.0996. The molecular formula is C13H20N2O4S. The minimum absolute atomic E-state index is 0.0671. The highest BCUT2D eigenvalue weighted by atomic mass is 32.2. The number of nitrogens with one attached hydrogen (secondary N) is 2. The van der Waals surface area contributed by atoms with Crippen molar-refractivity contribution in [3.05, 3.63) is 30.3 Å². The number of hydrogen-bond acceptors (Lipinski definition) is 4. The normalized spacial score (nSPS) is 12.9. The predicted molar refractivity (Wildman–Crippen MR) is 75.5 cm³/mol. The van der Waals surface area contributed by atoms with E-state index in [1.807, 2.05) is 6.92 Å². The summed E-state index contributed by atoms with van der Waals surface area (Å²) in [6.07, 6.45) is 0.593. The van der Waals surface area contributed by atoms with E-state index in [0.29, 0.717) is 13.0 Å².